The minimum absolute atomic E-state index is 0.0106. The molecule has 1 heterocycles. The zero-order valence-electron chi connectivity index (χ0n) is 14.2. The summed E-state index contributed by atoms with van der Waals surface area (Å²) in [5.74, 6) is 0.0525. The maximum absolute atomic E-state index is 12.3. The van der Waals surface area contributed by atoms with Gasteiger partial charge in [0.2, 0.25) is 5.91 Å². The number of benzene rings is 1. The van der Waals surface area contributed by atoms with E-state index in [2.05, 4.69) is 6.07 Å². The van der Waals surface area contributed by atoms with E-state index in [-0.39, 0.29) is 24.5 Å². The standard InChI is InChI=1S/C19H23NO2S/c1-13-5-6-14(2)16(11-13)17(21)7-8-19(22)20(4)12-18-15(3)9-10-23-18/h5-6,9-11H,7-8,12H2,1-4H3. The first-order valence-electron chi connectivity index (χ1n) is 7.76. The van der Waals surface area contributed by atoms with E-state index >= 15 is 0 Å². The Morgan fingerprint density at radius 2 is 1.78 bits per heavy atom. The molecule has 2 rings (SSSR count). The summed E-state index contributed by atoms with van der Waals surface area (Å²) in [7, 11) is 1.80. The number of carbonyl (C=O) groups excluding carboxylic acids is 2. The second-order valence-electron chi connectivity index (χ2n) is 6.02. The van der Waals surface area contributed by atoms with Crippen LogP contribution in [-0.4, -0.2) is 23.6 Å². The molecular weight excluding hydrogens is 306 g/mol. The van der Waals surface area contributed by atoms with Crippen molar-refractivity contribution in [2.45, 2.75) is 40.2 Å². The number of hydrogen-bond donors (Lipinski definition) is 0. The van der Waals surface area contributed by atoms with E-state index in [0.717, 1.165) is 16.7 Å². The Balaban J connectivity index is 1.92. The lowest BCUT2D eigenvalue weighted by Crippen LogP contribution is -2.26. The first-order chi connectivity index (χ1) is 10.9. The monoisotopic (exact) mass is 329 g/mol. The number of ketones is 1. The molecule has 2 aromatic rings. The molecule has 0 aliphatic rings. The van der Waals surface area contributed by atoms with Gasteiger partial charge in [0, 0.05) is 30.3 Å². The molecule has 0 saturated carbocycles. The average molecular weight is 329 g/mol. The number of rotatable bonds is 6. The molecule has 0 unspecified atom stereocenters. The molecule has 1 amide bonds. The van der Waals surface area contributed by atoms with Crippen LogP contribution in [0.3, 0.4) is 0 Å². The zero-order valence-corrected chi connectivity index (χ0v) is 15.0. The molecule has 0 aliphatic carbocycles. The first-order valence-corrected chi connectivity index (χ1v) is 8.64. The van der Waals surface area contributed by atoms with E-state index in [1.165, 1.54) is 10.4 Å². The molecule has 1 aromatic heterocycles. The lowest BCUT2D eigenvalue weighted by atomic mass is 9.99. The van der Waals surface area contributed by atoms with Crippen LogP contribution in [0, 0.1) is 20.8 Å². The highest BCUT2D eigenvalue weighted by atomic mass is 32.1. The van der Waals surface area contributed by atoms with E-state index in [1.54, 1.807) is 23.3 Å². The van der Waals surface area contributed by atoms with Gasteiger partial charge in [-0.3, -0.25) is 9.59 Å². The summed E-state index contributed by atoms with van der Waals surface area (Å²) < 4.78 is 0. The highest BCUT2D eigenvalue weighted by Crippen LogP contribution is 2.18. The van der Waals surface area contributed by atoms with E-state index in [1.807, 2.05) is 44.4 Å². The maximum atomic E-state index is 12.3. The molecule has 122 valence electrons. The van der Waals surface area contributed by atoms with Gasteiger partial charge in [0.1, 0.15) is 0 Å². The summed E-state index contributed by atoms with van der Waals surface area (Å²) in [6.45, 7) is 6.56. The number of nitrogens with zero attached hydrogens (tertiary/aromatic N) is 1. The van der Waals surface area contributed by atoms with Gasteiger partial charge in [0.05, 0.1) is 6.54 Å². The highest BCUT2D eigenvalue weighted by Gasteiger charge is 2.15. The Morgan fingerprint density at radius 3 is 2.43 bits per heavy atom. The predicted octanol–water partition coefficient (Wildman–Crippen LogP) is 4.29. The molecule has 0 saturated heterocycles. The van der Waals surface area contributed by atoms with Gasteiger partial charge in [-0.2, -0.15) is 0 Å². The fourth-order valence-corrected chi connectivity index (χ4v) is 3.41. The van der Waals surface area contributed by atoms with Crippen LogP contribution in [0.2, 0.25) is 0 Å². The number of Topliss-reactive ketones (excluding diaryl/α,β-unsaturated/α-hetero) is 1. The fraction of sp³-hybridized carbons (Fsp3) is 0.368. The molecule has 3 nitrogen and oxygen atoms in total. The van der Waals surface area contributed by atoms with Crippen LogP contribution in [0.5, 0.6) is 0 Å². The molecule has 0 bridgehead atoms. The third kappa shape index (κ3) is 4.52. The van der Waals surface area contributed by atoms with Gasteiger partial charge in [0.15, 0.2) is 5.78 Å². The maximum Gasteiger partial charge on any atom is 0.223 e. The van der Waals surface area contributed by atoms with Crippen molar-refractivity contribution in [3.05, 3.63) is 56.8 Å². The summed E-state index contributed by atoms with van der Waals surface area (Å²) >= 11 is 1.66. The van der Waals surface area contributed by atoms with Crippen molar-refractivity contribution < 1.29 is 9.59 Å². The Bertz CT molecular complexity index is 718. The molecule has 1 aromatic carbocycles. The molecule has 0 fully saturated rings. The third-order valence-electron chi connectivity index (χ3n) is 4.03. The van der Waals surface area contributed by atoms with Crippen LogP contribution in [-0.2, 0) is 11.3 Å². The van der Waals surface area contributed by atoms with Crippen molar-refractivity contribution in [3.63, 3.8) is 0 Å². The smallest absolute Gasteiger partial charge is 0.223 e. The second kappa shape index (κ2) is 7.55. The van der Waals surface area contributed by atoms with Crippen molar-refractivity contribution in [2.75, 3.05) is 7.05 Å². The summed E-state index contributed by atoms with van der Waals surface area (Å²) in [5.41, 5.74) is 3.97. The van der Waals surface area contributed by atoms with Gasteiger partial charge in [0.25, 0.3) is 0 Å². The normalized spacial score (nSPS) is 10.6. The molecule has 0 N–H and O–H groups in total. The van der Waals surface area contributed by atoms with Crippen LogP contribution >= 0.6 is 11.3 Å². The number of thiophene rings is 1. The van der Waals surface area contributed by atoms with Crippen LogP contribution in [0.1, 0.15) is 44.8 Å². The van der Waals surface area contributed by atoms with Crippen molar-refractivity contribution in [3.8, 4) is 0 Å². The lowest BCUT2D eigenvalue weighted by Gasteiger charge is -2.17. The van der Waals surface area contributed by atoms with E-state index in [0.29, 0.717) is 6.54 Å². The van der Waals surface area contributed by atoms with Crippen LogP contribution < -0.4 is 0 Å². The molecule has 23 heavy (non-hydrogen) atoms. The number of aryl methyl sites for hydroxylation is 3. The zero-order chi connectivity index (χ0) is 17.0. The number of hydrogen-bond acceptors (Lipinski definition) is 3. The van der Waals surface area contributed by atoms with E-state index in [9.17, 15) is 9.59 Å². The summed E-state index contributed by atoms with van der Waals surface area (Å²) in [5, 5.41) is 2.03. The van der Waals surface area contributed by atoms with Crippen LogP contribution in [0.25, 0.3) is 0 Å². The van der Waals surface area contributed by atoms with Crippen molar-refractivity contribution in [1.82, 2.24) is 4.90 Å². The van der Waals surface area contributed by atoms with Crippen molar-refractivity contribution in [1.29, 1.82) is 0 Å². The van der Waals surface area contributed by atoms with Gasteiger partial charge in [-0.05, 0) is 49.4 Å². The molecule has 4 heteroatoms. The highest BCUT2D eigenvalue weighted by molar-refractivity contribution is 7.10. The van der Waals surface area contributed by atoms with Gasteiger partial charge in [-0.15, -0.1) is 11.3 Å². The first kappa shape index (κ1) is 17.4. The quantitative estimate of drug-likeness (QED) is 0.741. The third-order valence-corrected chi connectivity index (χ3v) is 5.04. The van der Waals surface area contributed by atoms with Gasteiger partial charge < -0.3 is 4.90 Å². The van der Waals surface area contributed by atoms with E-state index < -0.39 is 0 Å². The predicted molar refractivity (Wildman–Crippen MR) is 95.0 cm³/mol. The van der Waals surface area contributed by atoms with E-state index in [4.69, 9.17) is 0 Å². The minimum Gasteiger partial charge on any atom is -0.341 e. The largest absolute Gasteiger partial charge is 0.341 e. The molecule has 0 aliphatic heterocycles. The Hall–Kier alpha value is -1.94. The molecule has 0 spiro atoms. The second-order valence-corrected chi connectivity index (χ2v) is 7.02. The van der Waals surface area contributed by atoms with Gasteiger partial charge >= 0.3 is 0 Å². The van der Waals surface area contributed by atoms with Crippen molar-refractivity contribution >= 4 is 23.0 Å². The van der Waals surface area contributed by atoms with Crippen molar-refractivity contribution in [2.24, 2.45) is 0 Å². The minimum atomic E-state index is 0.0106. The van der Waals surface area contributed by atoms with Gasteiger partial charge in [-0.25, -0.2) is 0 Å². The fourth-order valence-electron chi connectivity index (χ4n) is 2.45. The average Bonchev–Trinajstić information content (AvgIpc) is 2.92. The number of amides is 1. The van der Waals surface area contributed by atoms with Crippen LogP contribution in [0.4, 0.5) is 0 Å². The SMILES string of the molecule is Cc1ccc(C)c(C(=O)CCC(=O)N(C)Cc2sccc2C)c1. The van der Waals surface area contributed by atoms with Gasteiger partial charge in [-0.1, -0.05) is 17.7 Å². The molecule has 0 atom stereocenters. The topological polar surface area (TPSA) is 37.4 Å². The van der Waals surface area contributed by atoms with Crippen LogP contribution in [0.15, 0.2) is 29.6 Å². The Morgan fingerprint density at radius 1 is 1.04 bits per heavy atom. The lowest BCUT2D eigenvalue weighted by molar-refractivity contribution is -0.130. The summed E-state index contributed by atoms with van der Waals surface area (Å²) in [6, 6.07) is 7.91. The summed E-state index contributed by atoms with van der Waals surface area (Å²) in [4.78, 5) is 27.5. The Labute approximate surface area is 141 Å². The molecular formula is C19H23NO2S. The summed E-state index contributed by atoms with van der Waals surface area (Å²) in [6.07, 6.45) is 0.518. The molecule has 0 radical (unpaired) electrons. The number of carbonyl (C=O) groups is 2. The Kier molecular flexibility index (Phi) is 5.72.